The Bertz CT molecular complexity index is 651. The third-order valence-corrected chi connectivity index (χ3v) is 5.91. The van der Waals surface area contributed by atoms with Crippen LogP contribution in [0.15, 0.2) is 18.2 Å². The fourth-order valence-corrected chi connectivity index (χ4v) is 4.12. The van der Waals surface area contributed by atoms with E-state index < -0.39 is 5.54 Å². The minimum absolute atomic E-state index is 0. The zero-order valence-electron chi connectivity index (χ0n) is 17.2. The van der Waals surface area contributed by atoms with Gasteiger partial charge in [0.05, 0.1) is 11.6 Å². The van der Waals surface area contributed by atoms with Crippen LogP contribution in [-0.2, 0) is 4.79 Å². The Kier molecular flexibility index (Phi) is 11.8. The molecule has 0 spiro atoms. The summed E-state index contributed by atoms with van der Waals surface area (Å²) in [6.45, 7) is 8.95. The second-order valence-electron chi connectivity index (χ2n) is 7.68. The predicted molar refractivity (Wildman–Crippen MR) is 124 cm³/mol. The molecule has 5 nitrogen and oxygen atoms in total. The average Bonchev–Trinajstić information content (AvgIpc) is 3.10. The molecule has 9 heteroatoms. The maximum absolute atomic E-state index is 13.9. The Labute approximate surface area is 192 Å². The van der Waals surface area contributed by atoms with Gasteiger partial charge in [-0.25, -0.2) is 4.39 Å². The summed E-state index contributed by atoms with van der Waals surface area (Å²) in [6, 6.07) is 4.60. The largest absolute Gasteiger partial charge is 0.369 e. The maximum Gasteiger partial charge on any atom is 0.240 e. The molecular weight excluding hydrogens is 438 g/mol. The van der Waals surface area contributed by atoms with Crippen LogP contribution in [0.2, 0.25) is 0 Å². The van der Waals surface area contributed by atoms with E-state index in [-0.39, 0.29) is 55.0 Å². The highest BCUT2D eigenvalue weighted by Crippen LogP contribution is 2.31. The van der Waals surface area contributed by atoms with Crippen LogP contribution in [0.25, 0.3) is 0 Å². The Morgan fingerprint density at radius 3 is 2.31 bits per heavy atom. The van der Waals surface area contributed by atoms with Gasteiger partial charge in [0, 0.05) is 37.4 Å². The molecule has 0 radical (unpaired) electrons. The molecule has 1 atom stereocenters. The van der Waals surface area contributed by atoms with Crippen molar-refractivity contribution < 1.29 is 9.18 Å². The fourth-order valence-electron chi connectivity index (χ4n) is 4.12. The van der Waals surface area contributed by atoms with E-state index in [4.69, 9.17) is 5.73 Å². The first-order valence-corrected chi connectivity index (χ1v) is 9.79. The van der Waals surface area contributed by atoms with Crippen LogP contribution in [0.3, 0.4) is 0 Å². The lowest BCUT2D eigenvalue weighted by atomic mass is 9.96. The van der Waals surface area contributed by atoms with Crippen LogP contribution >= 0.6 is 37.2 Å². The highest BCUT2D eigenvalue weighted by Gasteiger charge is 2.37. The van der Waals surface area contributed by atoms with Crippen molar-refractivity contribution in [2.24, 2.45) is 5.73 Å². The molecule has 1 saturated carbocycles. The molecule has 0 bridgehead atoms. The number of nitrogens with one attached hydrogen (secondary N) is 1. The van der Waals surface area contributed by atoms with Gasteiger partial charge in [-0.3, -0.25) is 4.79 Å². The SMILES string of the molecule is CCN1CCN(c2ccc(F)cc2C(C)NC(=O)C2(N)CCCC2)CC1.Cl.Cl.Cl. The molecule has 1 heterocycles. The monoisotopic (exact) mass is 470 g/mol. The van der Waals surface area contributed by atoms with E-state index in [0.717, 1.165) is 69.7 Å². The molecule has 1 aromatic rings. The number of benzene rings is 1. The van der Waals surface area contributed by atoms with Crippen LogP contribution in [0.5, 0.6) is 0 Å². The van der Waals surface area contributed by atoms with E-state index in [1.807, 2.05) is 13.0 Å². The first-order chi connectivity index (χ1) is 12.4. The number of piperazine rings is 1. The van der Waals surface area contributed by atoms with E-state index in [9.17, 15) is 9.18 Å². The summed E-state index contributed by atoms with van der Waals surface area (Å²) in [5.41, 5.74) is 7.33. The van der Waals surface area contributed by atoms with Gasteiger partial charge in [0.1, 0.15) is 5.82 Å². The first kappa shape index (κ1) is 28.2. The van der Waals surface area contributed by atoms with Gasteiger partial charge in [0.25, 0.3) is 0 Å². The number of hydrogen-bond acceptors (Lipinski definition) is 4. The Balaban J connectivity index is 0.00000261. The fraction of sp³-hybridized carbons (Fsp3) is 0.650. The van der Waals surface area contributed by atoms with Gasteiger partial charge >= 0.3 is 0 Å². The summed E-state index contributed by atoms with van der Waals surface area (Å²) in [4.78, 5) is 17.4. The molecule has 29 heavy (non-hydrogen) atoms. The quantitative estimate of drug-likeness (QED) is 0.688. The Hall–Kier alpha value is -0.790. The summed E-state index contributed by atoms with van der Waals surface area (Å²) in [7, 11) is 0. The van der Waals surface area contributed by atoms with Crippen molar-refractivity contribution in [3.05, 3.63) is 29.6 Å². The summed E-state index contributed by atoms with van der Waals surface area (Å²) in [5, 5.41) is 3.04. The zero-order chi connectivity index (χ0) is 18.7. The van der Waals surface area contributed by atoms with Gasteiger partial charge in [-0.2, -0.15) is 0 Å². The normalized spacial score (nSPS) is 19.4. The van der Waals surface area contributed by atoms with E-state index in [1.54, 1.807) is 6.07 Å². The topological polar surface area (TPSA) is 61.6 Å². The number of carbonyl (C=O) groups is 1. The number of hydrogen-bond donors (Lipinski definition) is 2. The van der Waals surface area contributed by atoms with Crippen molar-refractivity contribution in [1.29, 1.82) is 0 Å². The van der Waals surface area contributed by atoms with Gasteiger partial charge in [0.15, 0.2) is 0 Å². The molecule has 1 aromatic carbocycles. The van der Waals surface area contributed by atoms with Gasteiger partial charge in [-0.05, 0) is 44.5 Å². The van der Waals surface area contributed by atoms with Crippen LogP contribution in [0.4, 0.5) is 10.1 Å². The van der Waals surface area contributed by atoms with E-state index >= 15 is 0 Å². The average molecular weight is 472 g/mol. The maximum atomic E-state index is 13.9. The van der Waals surface area contributed by atoms with Crippen LogP contribution in [0, 0.1) is 5.82 Å². The van der Waals surface area contributed by atoms with Gasteiger partial charge in [0.2, 0.25) is 5.91 Å². The third kappa shape index (κ3) is 6.59. The molecule has 1 aliphatic heterocycles. The molecule has 1 amide bonds. The number of anilines is 1. The predicted octanol–water partition coefficient (Wildman–Crippen LogP) is 3.68. The van der Waals surface area contributed by atoms with Crippen molar-refractivity contribution in [3.63, 3.8) is 0 Å². The number of amides is 1. The van der Waals surface area contributed by atoms with Crippen LogP contribution < -0.4 is 16.0 Å². The highest BCUT2D eigenvalue weighted by atomic mass is 35.5. The number of nitrogens with two attached hydrogens (primary N) is 1. The second-order valence-corrected chi connectivity index (χ2v) is 7.68. The second kappa shape index (κ2) is 12.2. The van der Waals surface area contributed by atoms with Gasteiger partial charge in [-0.1, -0.05) is 19.8 Å². The smallest absolute Gasteiger partial charge is 0.240 e. The lowest BCUT2D eigenvalue weighted by Gasteiger charge is -2.37. The first-order valence-electron chi connectivity index (χ1n) is 9.79. The van der Waals surface area contributed by atoms with Crippen molar-refractivity contribution >= 4 is 48.8 Å². The van der Waals surface area contributed by atoms with E-state index in [1.165, 1.54) is 6.07 Å². The zero-order valence-corrected chi connectivity index (χ0v) is 19.6. The number of nitrogens with zero attached hydrogens (tertiary/aromatic N) is 2. The summed E-state index contributed by atoms with van der Waals surface area (Å²) >= 11 is 0. The van der Waals surface area contributed by atoms with Gasteiger partial charge in [-0.15, -0.1) is 37.2 Å². The molecule has 0 aromatic heterocycles. The summed E-state index contributed by atoms with van der Waals surface area (Å²) in [6.07, 6.45) is 3.43. The van der Waals surface area contributed by atoms with Crippen molar-refractivity contribution in [2.45, 2.75) is 51.1 Å². The van der Waals surface area contributed by atoms with Crippen LogP contribution in [0.1, 0.15) is 51.1 Å². The molecular formula is C20H34Cl3FN4O. The van der Waals surface area contributed by atoms with E-state index in [0.29, 0.717) is 0 Å². The van der Waals surface area contributed by atoms with Crippen molar-refractivity contribution in [3.8, 4) is 0 Å². The number of likely N-dealkylation sites (N-methyl/N-ethyl adjacent to an activating group) is 1. The molecule has 3 rings (SSSR count). The number of carbonyl (C=O) groups excluding carboxylic acids is 1. The summed E-state index contributed by atoms with van der Waals surface area (Å²) < 4.78 is 13.9. The van der Waals surface area contributed by atoms with Crippen molar-refractivity contribution in [1.82, 2.24) is 10.2 Å². The standard InChI is InChI=1S/C20H31FN4O.3ClH/c1-3-24-10-12-25(13-11-24)18-7-6-16(21)14-17(18)15(2)23-19(26)20(22)8-4-5-9-20;;;/h6-7,14-15H,3-5,8-13,22H2,1-2H3,(H,23,26);3*1H. The highest BCUT2D eigenvalue weighted by molar-refractivity contribution is 5.87. The Morgan fingerprint density at radius 1 is 1.17 bits per heavy atom. The van der Waals surface area contributed by atoms with Gasteiger partial charge < -0.3 is 20.9 Å². The minimum atomic E-state index is -0.769. The lowest BCUT2D eigenvalue weighted by Crippen LogP contribution is -2.52. The molecule has 2 aliphatic rings. The molecule has 168 valence electrons. The number of halogens is 4. The minimum Gasteiger partial charge on any atom is -0.369 e. The van der Waals surface area contributed by atoms with E-state index in [2.05, 4.69) is 22.0 Å². The molecule has 3 N–H and O–H groups in total. The third-order valence-electron chi connectivity index (χ3n) is 5.91. The number of rotatable bonds is 5. The molecule has 2 fully saturated rings. The summed E-state index contributed by atoms with van der Waals surface area (Å²) in [5.74, 6) is -0.395. The molecule has 1 aliphatic carbocycles. The van der Waals surface area contributed by atoms with Crippen molar-refractivity contribution in [2.75, 3.05) is 37.6 Å². The molecule has 1 unspecified atom stereocenters. The van der Waals surface area contributed by atoms with Crippen LogP contribution in [-0.4, -0.2) is 49.1 Å². The lowest BCUT2D eigenvalue weighted by molar-refractivity contribution is -0.126. The Morgan fingerprint density at radius 2 is 1.76 bits per heavy atom. The molecule has 1 saturated heterocycles.